The van der Waals surface area contributed by atoms with Crippen molar-refractivity contribution in [2.75, 3.05) is 26.7 Å². The van der Waals surface area contributed by atoms with Gasteiger partial charge >= 0.3 is 0 Å². The van der Waals surface area contributed by atoms with Crippen molar-refractivity contribution in [2.45, 2.75) is 45.2 Å². The Morgan fingerprint density at radius 3 is 2.46 bits per heavy atom. The highest BCUT2D eigenvalue weighted by atomic mass is 16.2. The molecule has 0 aromatic carbocycles. The molecule has 0 radical (unpaired) electrons. The van der Waals surface area contributed by atoms with Gasteiger partial charge in [0, 0.05) is 38.4 Å². The minimum atomic E-state index is -0.103. The Kier molecular flexibility index (Phi) is 4.85. The summed E-state index contributed by atoms with van der Waals surface area (Å²) in [4.78, 5) is 32.9. The number of carbonyl (C=O) groups excluding carboxylic acids is 2. The van der Waals surface area contributed by atoms with Crippen molar-refractivity contribution in [3.05, 3.63) is 29.1 Å². The average Bonchev–Trinajstić information content (AvgIpc) is 2.90. The SMILES string of the molecule is Cc1ccc(C(=O)NC2CCN([C@@H]3CCN(C)C3=O)CC2)nc1C. The number of hydrogen-bond acceptors (Lipinski definition) is 4. The maximum atomic E-state index is 12.4. The molecular formula is C18H26N4O2. The number of aromatic nitrogens is 1. The average molecular weight is 330 g/mol. The van der Waals surface area contributed by atoms with Crippen molar-refractivity contribution in [1.29, 1.82) is 0 Å². The van der Waals surface area contributed by atoms with Gasteiger partial charge in [-0.2, -0.15) is 0 Å². The van der Waals surface area contributed by atoms with E-state index in [9.17, 15) is 9.59 Å². The molecule has 2 fully saturated rings. The van der Waals surface area contributed by atoms with E-state index in [1.807, 2.05) is 31.9 Å². The van der Waals surface area contributed by atoms with Crippen LogP contribution >= 0.6 is 0 Å². The quantitative estimate of drug-likeness (QED) is 0.902. The fourth-order valence-corrected chi connectivity index (χ4v) is 3.51. The van der Waals surface area contributed by atoms with E-state index in [1.54, 1.807) is 6.07 Å². The van der Waals surface area contributed by atoms with Crippen LogP contribution in [0.5, 0.6) is 0 Å². The van der Waals surface area contributed by atoms with Crippen molar-refractivity contribution < 1.29 is 9.59 Å². The molecule has 0 spiro atoms. The number of rotatable bonds is 3. The lowest BCUT2D eigenvalue weighted by molar-refractivity contribution is -0.131. The third-order valence-electron chi connectivity index (χ3n) is 5.29. The largest absolute Gasteiger partial charge is 0.348 e. The number of pyridine rings is 1. The van der Waals surface area contributed by atoms with Gasteiger partial charge in [-0.3, -0.25) is 14.5 Å². The van der Waals surface area contributed by atoms with E-state index in [2.05, 4.69) is 15.2 Å². The summed E-state index contributed by atoms with van der Waals surface area (Å²) < 4.78 is 0. The second-order valence-corrected chi connectivity index (χ2v) is 6.95. The van der Waals surface area contributed by atoms with Crippen LogP contribution in [0.4, 0.5) is 0 Å². The second-order valence-electron chi connectivity index (χ2n) is 6.95. The second kappa shape index (κ2) is 6.89. The van der Waals surface area contributed by atoms with E-state index in [0.29, 0.717) is 5.69 Å². The molecule has 24 heavy (non-hydrogen) atoms. The summed E-state index contributed by atoms with van der Waals surface area (Å²) in [7, 11) is 1.87. The Morgan fingerprint density at radius 1 is 1.17 bits per heavy atom. The number of nitrogens with one attached hydrogen (secondary N) is 1. The Morgan fingerprint density at radius 2 is 1.88 bits per heavy atom. The Hall–Kier alpha value is -1.95. The smallest absolute Gasteiger partial charge is 0.270 e. The monoisotopic (exact) mass is 330 g/mol. The molecule has 2 aliphatic rings. The zero-order chi connectivity index (χ0) is 17.3. The molecule has 2 aliphatic heterocycles. The van der Waals surface area contributed by atoms with Gasteiger partial charge in [0.1, 0.15) is 5.69 Å². The van der Waals surface area contributed by atoms with E-state index in [1.165, 1.54) is 0 Å². The predicted molar refractivity (Wildman–Crippen MR) is 91.8 cm³/mol. The van der Waals surface area contributed by atoms with Gasteiger partial charge in [0.2, 0.25) is 5.91 Å². The number of hydrogen-bond donors (Lipinski definition) is 1. The lowest BCUT2D eigenvalue weighted by atomic mass is 10.0. The summed E-state index contributed by atoms with van der Waals surface area (Å²) in [6, 6.07) is 3.90. The molecule has 1 aromatic rings. The Bertz CT molecular complexity index is 638. The first kappa shape index (κ1) is 16.9. The van der Waals surface area contributed by atoms with Gasteiger partial charge in [0.25, 0.3) is 5.91 Å². The van der Waals surface area contributed by atoms with Crippen LogP contribution < -0.4 is 5.32 Å². The minimum Gasteiger partial charge on any atom is -0.348 e. The van der Waals surface area contributed by atoms with Crippen LogP contribution in [0.2, 0.25) is 0 Å². The highest BCUT2D eigenvalue weighted by molar-refractivity contribution is 5.92. The molecule has 2 saturated heterocycles. The summed E-state index contributed by atoms with van der Waals surface area (Å²) >= 11 is 0. The summed E-state index contributed by atoms with van der Waals surface area (Å²) in [6.07, 6.45) is 2.67. The fourth-order valence-electron chi connectivity index (χ4n) is 3.51. The number of aryl methyl sites for hydroxylation is 2. The fraction of sp³-hybridized carbons (Fsp3) is 0.611. The zero-order valence-corrected chi connectivity index (χ0v) is 14.7. The van der Waals surface area contributed by atoms with Gasteiger partial charge in [-0.1, -0.05) is 6.07 Å². The first-order valence-corrected chi connectivity index (χ1v) is 8.70. The molecule has 0 bridgehead atoms. The van der Waals surface area contributed by atoms with Crippen molar-refractivity contribution in [1.82, 2.24) is 20.1 Å². The number of likely N-dealkylation sites (tertiary alicyclic amines) is 2. The molecular weight excluding hydrogens is 304 g/mol. The predicted octanol–water partition coefficient (Wildman–Crippen LogP) is 1.12. The zero-order valence-electron chi connectivity index (χ0n) is 14.7. The topological polar surface area (TPSA) is 65.5 Å². The Labute approximate surface area is 143 Å². The molecule has 1 N–H and O–H groups in total. The molecule has 6 heteroatoms. The van der Waals surface area contributed by atoms with Crippen molar-refractivity contribution in [2.24, 2.45) is 0 Å². The molecule has 2 amide bonds. The minimum absolute atomic E-state index is 0.0352. The van der Waals surface area contributed by atoms with Gasteiger partial charge in [0.05, 0.1) is 6.04 Å². The van der Waals surface area contributed by atoms with Crippen LogP contribution in [-0.2, 0) is 4.79 Å². The molecule has 1 atom stereocenters. The van der Waals surface area contributed by atoms with Crippen LogP contribution in [-0.4, -0.2) is 65.4 Å². The van der Waals surface area contributed by atoms with Crippen LogP contribution in [0.3, 0.4) is 0 Å². The standard InChI is InChI=1S/C18H26N4O2/c1-12-4-5-15(19-13(12)2)17(23)20-14-6-10-22(11-7-14)16-8-9-21(3)18(16)24/h4-5,14,16H,6-11H2,1-3H3,(H,20,23)/t16-/m1/s1. The molecule has 1 aromatic heterocycles. The molecule has 0 saturated carbocycles. The van der Waals surface area contributed by atoms with E-state index in [-0.39, 0.29) is 23.9 Å². The summed E-state index contributed by atoms with van der Waals surface area (Å²) in [5.74, 6) is 0.130. The number of piperidine rings is 1. The lowest BCUT2D eigenvalue weighted by Gasteiger charge is -2.35. The molecule has 0 unspecified atom stereocenters. The number of nitrogens with zero attached hydrogens (tertiary/aromatic N) is 3. The Balaban J connectivity index is 1.52. The first-order chi connectivity index (χ1) is 11.5. The van der Waals surface area contributed by atoms with Gasteiger partial charge in [0.15, 0.2) is 0 Å². The molecule has 130 valence electrons. The maximum absolute atomic E-state index is 12.4. The highest BCUT2D eigenvalue weighted by Crippen LogP contribution is 2.21. The van der Waals surface area contributed by atoms with Crippen LogP contribution in [0.25, 0.3) is 0 Å². The number of amides is 2. The first-order valence-electron chi connectivity index (χ1n) is 8.70. The van der Waals surface area contributed by atoms with Gasteiger partial charge in [-0.15, -0.1) is 0 Å². The van der Waals surface area contributed by atoms with E-state index in [0.717, 1.165) is 50.2 Å². The molecule has 0 aliphatic carbocycles. The van der Waals surface area contributed by atoms with Crippen molar-refractivity contribution in [3.63, 3.8) is 0 Å². The van der Waals surface area contributed by atoms with Crippen LogP contribution in [0.1, 0.15) is 41.0 Å². The normalized spacial score (nSPS) is 22.9. The summed E-state index contributed by atoms with van der Waals surface area (Å²) in [5, 5.41) is 3.09. The highest BCUT2D eigenvalue weighted by Gasteiger charge is 2.35. The van der Waals surface area contributed by atoms with Crippen molar-refractivity contribution >= 4 is 11.8 Å². The van der Waals surface area contributed by atoms with Crippen molar-refractivity contribution in [3.8, 4) is 0 Å². The molecule has 6 nitrogen and oxygen atoms in total. The van der Waals surface area contributed by atoms with E-state index < -0.39 is 0 Å². The van der Waals surface area contributed by atoms with E-state index >= 15 is 0 Å². The summed E-state index contributed by atoms with van der Waals surface area (Å²) in [5.41, 5.74) is 2.46. The number of carbonyl (C=O) groups is 2. The van der Waals surface area contributed by atoms with Gasteiger partial charge in [-0.25, -0.2) is 4.98 Å². The molecule has 3 rings (SSSR count). The number of likely N-dealkylation sites (N-methyl/N-ethyl adjacent to an activating group) is 1. The van der Waals surface area contributed by atoms with Gasteiger partial charge in [-0.05, 0) is 44.7 Å². The van der Waals surface area contributed by atoms with Crippen LogP contribution in [0.15, 0.2) is 12.1 Å². The molecule has 3 heterocycles. The third kappa shape index (κ3) is 3.43. The third-order valence-corrected chi connectivity index (χ3v) is 5.29. The lowest BCUT2D eigenvalue weighted by Crippen LogP contribution is -2.50. The van der Waals surface area contributed by atoms with Gasteiger partial charge < -0.3 is 10.2 Å². The van der Waals surface area contributed by atoms with Crippen LogP contribution in [0, 0.1) is 13.8 Å². The van der Waals surface area contributed by atoms with E-state index in [4.69, 9.17) is 0 Å². The summed E-state index contributed by atoms with van der Waals surface area (Å²) in [6.45, 7) is 6.46. The maximum Gasteiger partial charge on any atom is 0.270 e.